The van der Waals surface area contributed by atoms with Gasteiger partial charge in [0.25, 0.3) is 0 Å². The van der Waals surface area contributed by atoms with E-state index in [9.17, 15) is 4.39 Å². The van der Waals surface area contributed by atoms with Gasteiger partial charge in [-0.3, -0.25) is 0 Å². The smallest absolute Gasteiger partial charge is 0.190 e. The largest absolute Gasteiger partial charge is 0.226 e. The average molecular weight is 225 g/mol. The fourth-order valence-corrected chi connectivity index (χ4v) is 1.49. The van der Waals surface area contributed by atoms with Crippen LogP contribution in [0.5, 0.6) is 0 Å². The molecule has 1 aliphatic rings. The molecule has 0 spiro atoms. The quantitative estimate of drug-likeness (QED) is 0.555. The van der Waals surface area contributed by atoms with Crippen molar-refractivity contribution < 1.29 is 4.39 Å². The third-order valence-electron chi connectivity index (χ3n) is 1.48. The van der Waals surface area contributed by atoms with Gasteiger partial charge in [-0.2, -0.15) is 0 Å². The van der Waals surface area contributed by atoms with Crippen molar-refractivity contribution in [1.82, 2.24) is 0 Å². The predicted molar refractivity (Wildman–Crippen MR) is 45.0 cm³/mol. The van der Waals surface area contributed by atoms with E-state index in [0.717, 1.165) is 0 Å². The van der Waals surface area contributed by atoms with Crippen LogP contribution in [0.25, 0.3) is 0 Å². The molecule has 3 heteroatoms. The van der Waals surface area contributed by atoms with Gasteiger partial charge >= 0.3 is 0 Å². The van der Waals surface area contributed by atoms with Crippen molar-refractivity contribution in [1.29, 1.82) is 0 Å². The monoisotopic (exact) mass is 224 g/mol. The molecule has 56 valence electrons. The molecule has 0 aromatic rings. The van der Waals surface area contributed by atoms with Crippen molar-refractivity contribution in [2.45, 2.75) is 11.5 Å². The molecule has 0 amide bonds. The lowest BCUT2D eigenvalue weighted by atomic mass is 10.0. The summed E-state index contributed by atoms with van der Waals surface area (Å²) in [5.41, 5.74) is 0. The first kappa shape index (κ1) is 8.28. The Balaban J connectivity index is 2.88. The zero-order chi connectivity index (χ0) is 7.78. The van der Waals surface area contributed by atoms with Gasteiger partial charge in [-0.1, -0.05) is 24.6 Å². The van der Waals surface area contributed by atoms with Crippen LogP contribution < -0.4 is 0 Å². The summed E-state index contributed by atoms with van der Waals surface area (Å²) >= 11 is 8.49. The number of hydrogen-bond donors (Lipinski definition) is 0. The summed E-state index contributed by atoms with van der Waals surface area (Å²) in [6.07, 6.45) is 4.79. The molecular weight excluding hydrogens is 218 g/mol. The van der Waals surface area contributed by atoms with Gasteiger partial charge in [0, 0.05) is 11.0 Å². The summed E-state index contributed by atoms with van der Waals surface area (Å²) in [5.74, 6) is -0.157. The van der Waals surface area contributed by atoms with Gasteiger partial charge < -0.3 is 0 Å². The highest BCUT2D eigenvalue weighted by molar-refractivity contribution is 9.10. The molecular formula is C7H7BrClF. The van der Waals surface area contributed by atoms with E-state index in [1.807, 2.05) is 0 Å². The van der Waals surface area contributed by atoms with Crippen LogP contribution in [0.1, 0.15) is 6.92 Å². The van der Waals surface area contributed by atoms with Crippen molar-refractivity contribution in [2.75, 3.05) is 0 Å². The van der Waals surface area contributed by atoms with Gasteiger partial charge in [0.15, 0.2) is 4.58 Å². The summed E-state index contributed by atoms with van der Waals surface area (Å²) in [6.45, 7) is 1.78. The zero-order valence-corrected chi connectivity index (χ0v) is 7.79. The van der Waals surface area contributed by atoms with E-state index in [2.05, 4.69) is 15.9 Å². The molecule has 0 saturated carbocycles. The van der Waals surface area contributed by atoms with Crippen molar-refractivity contribution in [2.24, 2.45) is 5.92 Å². The summed E-state index contributed by atoms with van der Waals surface area (Å²) in [4.78, 5) is 0. The van der Waals surface area contributed by atoms with Crippen molar-refractivity contribution in [3.05, 3.63) is 23.3 Å². The number of allylic oxidation sites excluding steroid dienone is 4. The van der Waals surface area contributed by atoms with Crippen molar-refractivity contribution in [3.63, 3.8) is 0 Å². The predicted octanol–water partition coefficient (Wildman–Crippen LogP) is 3.38. The van der Waals surface area contributed by atoms with Gasteiger partial charge in [-0.25, -0.2) is 4.39 Å². The average Bonchev–Trinajstić information content (AvgIpc) is 1.78. The molecule has 0 aliphatic heterocycles. The maximum atomic E-state index is 13.2. The molecule has 2 unspecified atom stereocenters. The molecule has 2 atom stereocenters. The van der Waals surface area contributed by atoms with Crippen LogP contribution in [0.4, 0.5) is 4.39 Å². The minimum absolute atomic E-state index is 0.157. The van der Waals surface area contributed by atoms with Crippen LogP contribution in [-0.4, -0.2) is 4.58 Å². The molecule has 0 saturated heterocycles. The Kier molecular flexibility index (Phi) is 2.21. The SMILES string of the molecule is CC1C=CC(Cl)=CC1(F)Br. The molecule has 10 heavy (non-hydrogen) atoms. The molecule has 1 rings (SSSR count). The standard InChI is InChI=1S/C7H7BrClF/c1-5-2-3-6(9)4-7(5,8)10/h2-5H,1H3. The molecule has 0 aromatic carbocycles. The van der Waals surface area contributed by atoms with Gasteiger partial charge in [0.2, 0.25) is 0 Å². The Morgan fingerprint density at radius 3 is 2.80 bits per heavy atom. The van der Waals surface area contributed by atoms with Crippen LogP contribution >= 0.6 is 27.5 Å². The molecule has 0 N–H and O–H groups in total. The Labute approximate surface area is 72.9 Å². The molecule has 0 aromatic heterocycles. The second-order valence-electron chi connectivity index (χ2n) is 2.35. The Hall–Kier alpha value is 0.180. The summed E-state index contributed by atoms with van der Waals surface area (Å²) in [6, 6.07) is 0. The van der Waals surface area contributed by atoms with Crippen LogP contribution in [0.2, 0.25) is 0 Å². The van der Waals surface area contributed by atoms with Crippen LogP contribution in [0.15, 0.2) is 23.3 Å². The molecule has 0 radical (unpaired) electrons. The van der Waals surface area contributed by atoms with Crippen molar-refractivity contribution in [3.8, 4) is 0 Å². The lowest BCUT2D eigenvalue weighted by molar-refractivity contribution is 0.300. The number of hydrogen-bond acceptors (Lipinski definition) is 0. The highest BCUT2D eigenvalue weighted by atomic mass is 79.9. The fraction of sp³-hybridized carbons (Fsp3) is 0.429. The van der Waals surface area contributed by atoms with Crippen LogP contribution in [-0.2, 0) is 0 Å². The number of halogens is 3. The molecule has 1 aliphatic carbocycles. The van der Waals surface area contributed by atoms with E-state index in [1.54, 1.807) is 19.1 Å². The number of alkyl halides is 2. The van der Waals surface area contributed by atoms with E-state index >= 15 is 0 Å². The second kappa shape index (κ2) is 2.67. The summed E-state index contributed by atoms with van der Waals surface area (Å²) < 4.78 is 11.8. The highest BCUT2D eigenvalue weighted by Crippen LogP contribution is 2.37. The van der Waals surface area contributed by atoms with Crippen LogP contribution in [0, 0.1) is 5.92 Å². The molecule has 0 fully saturated rings. The van der Waals surface area contributed by atoms with Crippen molar-refractivity contribution >= 4 is 27.5 Å². The Morgan fingerprint density at radius 1 is 1.80 bits per heavy atom. The minimum Gasteiger partial charge on any atom is -0.226 e. The first-order chi connectivity index (χ1) is 4.52. The lowest BCUT2D eigenvalue weighted by Crippen LogP contribution is -2.21. The topological polar surface area (TPSA) is 0 Å². The first-order valence-electron chi connectivity index (χ1n) is 2.97. The third-order valence-corrected chi connectivity index (χ3v) is 2.67. The zero-order valence-electron chi connectivity index (χ0n) is 5.44. The maximum absolute atomic E-state index is 13.2. The highest BCUT2D eigenvalue weighted by Gasteiger charge is 2.31. The van der Waals surface area contributed by atoms with E-state index in [1.165, 1.54) is 6.08 Å². The third kappa shape index (κ3) is 1.61. The molecule has 0 heterocycles. The summed E-state index contributed by atoms with van der Waals surface area (Å²) in [7, 11) is 0. The molecule has 0 nitrogen and oxygen atoms in total. The lowest BCUT2D eigenvalue weighted by Gasteiger charge is -2.22. The van der Waals surface area contributed by atoms with Gasteiger partial charge in [-0.05, 0) is 28.1 Å². The minimum atomic E-state index is -1.46. The first-order valence-corrected chi connectivity index (χ1v) is 4.14. The normalized spacial score (nSPS) is 39.6. The fourth-order valence-electron chi connectivity index (χ4n) is 0.728. The maximum Gasteiger partial charge on any atom is 0.190 e. The van der Waals surface area contributed by atoms with E-state index < -0.39 is 4.58 Å². The van der Waals surface area contributed by atoms with Crippen LogP contribution in [0.3, 0.4) is 0 Å². The molecule has 0 bridgehead atoms. The summed E-state index contributed by atoms with van der Waals surface area (Å²) in [5, 5.41) is 0.442. The number of rotatable bonds is 0. The Bertz CT molecular complexity index is 196. The van der Waals surface area contributed by atoms with Gasteiger partial charge in [0.1, 0.15) is 0 Å². The van der Waals surface area contributed by atoms with E-state index in [0.29, 0.717) is 5.03 Å². The van der Waals surface area contributed by atoms with Gasteiger partial charge in [0.05, 0.1) is 0 Å². The van der Waals surface area contributed by atoms with E-state index in [4.69, 9.17) is 11.6 Å². The Morgan fingerprint density at radius 2 is 2.40 bits per heavy atom. The second-order valence-corrected chi connectivity index (χ2v) is 4.00. The van der Waals surface area contributed by atoms with E-state index in [-0.39, 0.29) is 5.92 Å². The van der Waals surface area contributed by atoms with Gasteiger partial charge in [-0.15, -0.1) is 0 Å².